The Morgan fingerprint density at radius 1 is 1.33 bits per heavy atom. The Labute approximate surface area is 137 Å². The topological polar surface area (TPSA) is 46.3 Å². The van der Waals surface area contributed by atoms with Crippen LogP contribution in [-0.4, -0.2) is 35.7 Å². The molecule has 3 rings (SSSR count). The van der Waals surface area contributed by atoms with Crippen LogP contribution in [0.5, 0.6) is 0 Å². The molecule has 3 nitrogen and oxygen atoms in total. The fourth-order valence-electron chi connectivity index (χ4n) is 3.23. The van der Waals surface area contributed by atoms with Gasteiger partial charge in [0.2, 0.25) is 5.91 Å². The molecule has 2 atom stereocenters. The highest BCUT2D eigenvalue weighted by Gasteiger charge is 2.34. The van der Waals surface area contributed by atoms with E-state index in [0.29, 0.717) is 11.8 Å². The summed E-state index contributed by atoms with van der Waals surface area (Å²) in [6.07, 6.45) is 2.09. The number of hydrogen-bond donors (Lipinski definition) is 1. The normalized spacial score (nSPS) is 23.3. The molecule has 21 heavy (non-hydrogen) atoms. The molecule has 2 heterocycles. The summed E-state index contributed by atoms with van der Waals surface area (Å²) < 4.78 is 0. The van der Waals surface area contributed by atoms with Crippen LogP contribution in [0.15, 0.2) is 29.2 Å². The van der Waals surface area contributed by atoms with Crippen LogP contribution in [0.3, 0.4) is 0 Å². The number of carbonyl (C=O) groups excluding carboxylic acids is 1. The number of piperidine rings is 1. The van der Waals surface area contributed by atoms with Gasteiger partial charge in [0.15, 0.2) is 0 Å². The molecule has 1 aromatic rings. The molecule has 2 N–H and O–H groups in total. The lowest BCUT2D eigenvalue weighted by Gasteiger charge is -2.35. The van der Waals surface area contributed by atoms with Gasteiger partial charge in [-0.05, 0) is 37.3 Å². The van der Waals surface area contributed by atoms with Gasteiger partial charge in [0.05, 0.1) is 5.92 Å². The lowest BCUT2D eigenvalue weighted by Crippen LogP contribution is -2.44. The molecule has 2 aliphatic rings. The predicted octanol–water partition coefficient (Wildman–Crippen LogP) is 2.88. The zero-order chi connectivity index (χ0) is 14.1. The number of benzene rings is 1. The fourth-order valence-corrected chi connectivity index (χ4v) is 4.45. The lowest BCUT2D eigenvalue weighted by molar-refractivity contribution is -0.133. The second kappa shape index (κ2) is 7.03. The van der Waals surface area contributed by atoms with E-state index in [1.807, 2.05) is 17.0 Å². The maximum atomic E-state index is 12.7. The van der Waals surface area contributed by atoms with Gasteiger partial charge in [0, 0.05) is 29.8 Å². The summed E-state index contributed by atoms with van der Waals surface area (Å²) in [6.45, 7) is 3.81. The van der Waals surface area contributed by atoms with Crippen molar-refractivity contribution in [2.75, 3.05) is 18.8 Å². The zero-order valence-electron chi connectivity index (χ0n) is 12.3. The highest BCUT2D eigenvalue weighted by molar-refractivity contribution is 7.99. The summed E-state index contributed by atoms with van der Waals surface area (Å²) in [4.78, 5) is 16.0. The number of nitrogens with two attached hydrogens (primary N) is 1. The van der Waals surface area contributed by atoms with Crippen molar-refractivity contribution in [2.24, 2.45) is 11.7 Å². The number of rotatable bonds is 2. The SMILES string of the molecule is CC(N)C1CCN(C(=O)C2CSc3ccccc32)CC1.Cl. The highest BCUT2D eigenvalue weighted by atomic mass is 35.5. The van der Waals surface area contributed by atoms with Gasteiger partial charge in [-0.25, -0.2) is 0 Å². The Balaban J connectivity index is 0.00000161. The van der Waals surface area contributed by atoms with E-state index >= 15 is 0 Å². The van der Waals surface area contributed by atoms with Crippen molar-refractivity contribution in [3.63, 3.8) is 0 Å². The van der Waals surface area contributed by atoms with Crippen LogP contribution >= 0.6 is 24.2 Å². The number of amides is 1. The Bertz CT molecular complexity index is 501. The third-order valence-corrected chi connectivity index (χ3v) is 5.78. The molecule has 0 bridgehead atoms. The number of likely N-dealkylation sites (tertiary alicyclic amines) is 1. The van der Waals surface area contributed by atoms with Crippen molar-refractivity contribution < 1.29 is 4.79 Å². The van der Waals surface area contributed by atoms with Gasteiger partial charge in [-0.2, -0.15) is 0 Å². The molecule has 0 radical (unpaired) electrons. The van der Waals surface area contributed by atoms with Crippen molar-refractivity contribution >= 4 is 30.1 Å². The molecule has 0 aliphatic carbocycles. The van der Waals surface area contributed by atoms with Crippen LogP contribution in [-0.2, 0) is 4.79 Å². The molecule has 1 aromatic carbocycles. The van der Waals surface area contributed by atoms with E-state index in [2.05, 4.69) is 19.1 Å². The molecule has 0 aromatic heterocycles. The zero-order valence-corrected chi connectivity index (χ0v) is 14.0. The molecule has 1 saturated heterocycles. The molecule has 5 heteroatoms. The Hall–Kier alpha value is -0.710. The molecule has 1 fully saturated rings. The van der Waals surface area contributed by atoms with Crippen LogP contribution in [0.25, 0.3) is 0 Å². The van der Waals surface area contributed by atoms with Gasteiger partial charge in [0.25, 0.3) is 0 Å². The second-order valence-corrected chi connectivity index (χ2v) is 6.99. The first-order valence-corrected chi connectivity index (χ1v) is 8.41. The number of thioether (sulfide) groups is 1. The number of nitrogens with zero attached hydrogens (tertiary/aromatic N) is 1. The van der Waals surface area contributed by atoms with Crippen molar-refractivity contribution in [3.05, 3.63) is 29.8 Å². The minimum Gasteiger partial charge on any atom is -0.342 e. The summed E-state index contributed by atoms with van der Waals surface area (Å²) in [5.41, 5.74) is 7.19. The third-order valence-electron chi connectivity index (χ3n) is 4.59. The van der Waals surface area contributed by atoms with Gasteiger partial charge < -0.3 is 10.6 Å². The smallest absolute Gasteiger partial charge is 0.231 e. The van der Waals surface area contributed by atoms with E-state index in [4.69, 9.17) is 5.73 Å². The van der Waals surface area contributed by atoms with Crippen LogP contribution < -0.4 is 5.73 Å². The summed E-state index contributed by atoms with van der Waals surface area (Å²) in [5, 5.41) is 0. The Morgan fingerprint density at radius 3 is 2.67 bits per heavy atom. The summed E-state index contributed by atoms with van der Waals surface area (Å²) >= 11 is 1.81. The standard InChI is InChI=1S/C16H22N2OS.ClH/c1-11(17)12-6-8-18(9-7-12)16(19)14-10-20-15-5-3-2-4-13(14)15;/h2-5,11-12,14H,6-10,17H2,1H3;1H. The summed E-state index contributed by atoms with van der Waals surface area (Å²) in [6, 6.07) is 8.55. The van der Waals surface area contributed by atoms with E-state index in [1.165, 1.54) is 10.5 Å². The van der Waals surface area contributed by atoms with E-state index in [1.54, 1.807) is 11.8 Å². The van der Waals surface area contributed by atoms with Gasteiger partial charge in [-0.15, -0.1) is 24.2 Å². The van der Waals surface area contributed by atoms with Gasteiger partial charge in [-0.3, -0.25) is 4.79 Å². The number of fused-ring (bicyclic) bond motifs is 1. The van der Waals surface area contributed by atoms with Crippen molar-refractivity contribution in [1.82, 2.24) is 4.90 Å². The summed E-state index contributed by atoms with van der Waals surface area (Å²) in [7, 11) is 0. The minimum atomic E-state index is 0. The first-order valence-electron chi connectivity index (χ1n) is 7.43. The predicted molar refractivity (Wildman–Crippen MR) is 90.1 cm³/mol. The molecule has 0 saturated carbocycles. The van der Waals surface area contributed by atoms with Crippen molar-refractivity contribution in [1.29, 1.82) is 0 Å². The third kappa shape index (κ3) is 3.38. The lowest BCUT2D eigenvalue weighted by atomic mass is 9.90. The molecule has 1 amide bonds. The minimum absolute atomic E-state index is 0. The first-order chi connectivity index (χ1) is 9.66. The van der Waals surface area contributed by atoms with E-state index in [0.717, 1.165) is 31.7 Å². The Morgan fingerprint density at radius 2 is 2.00 bits per heavy atom. The molecule has 2 aliphatic heterocycles. The monoisotopic (exact) mass is 326 g/mol. The maximum absolute atomic E-state index is 12.7. The average molecular weight is 327 g/mol. The van der Waals surface area contributed by atoms with Crippen LogP contribution in [0.1, 0.15) is 31.2 Å². The maximum Gasteiger partial charge on any atom is 0.231 e. The van der Waals surface area contributed by atoms with Crippen molar-refractivity contribution in [2.45, 2.75) is 36.6 Å². The van der Waals surface area contributed by atoms with E-state index in [9.17, 15) is 4.79 Å². The van der Waals surface area contributed by atoms with Crippen LogP contribution in [0.4, 0.5) is 0 Å². The van der Waals surface area contributed by atoms with Crippen LogP contribution in [0.2, 0.25) is 0 Å². The highest BCUT2D eigenvalue weighted by Crippen LogP contribution is 2.40. The second-order valence-electron chi connectivity index (χ2n) is 5.92. The number of halogens is 1. The quantitative estimate of drug-likeness (QED) is 0.909. The molecule has 2 unspecified atom stereocenters. The van der Waals surface area contributed by atoms with Crippen molar-refractivity contribution in [3.8, 4) is 0 Å². The molecular weight excluding hydrogens is 304 g/mol. The molecule has 0 spiro atoms. The van der Waals surface area contributed by atoms with Gasteiger partial charge >= 0.3 is 0 Å². The summed E-state index contributed by atoms with van der Waals surface area (Å²) in [5.74, 6) is 1.84. The first kappa shape index (κ1) is 16.7. The Kier molecular flexibility index (Phi) is 5.58. The van der Waals surface area contributed by atoms with Crippen LogP contribution in [0, 0.1) is 5.92 Å². The van der Waals surface area contributed by atoms with E-state index in [-0.39, 0.29) is 24.4 Å². The molecule has 116 valence electrons. The number of hydrogen-bond acceptors (Lipinski definition) is 3. The average Bonchev–Trinajstić information content (AvgIpc) is 2.90. The van der Waals surface area contributed by atoms with E-state index < -0.39 is 0 Å². The largest absolute Gasteiger partial charge is 0.342 e. The van der Waals surface area contributed by atoms with Gasteiger partial charge in [-0.1, -0.05) is 18.2 Å². The fraction of sp³-hybridized carbons (Fsp3) is 0.562. The number of carbonyl (C=O) groups is 1. The molecular formula is C16H23ClN2OS. The van der Waals surface area contributed by atoms with Gasteiger partial charge in [0.1, 0.15) is 0 Å².